The van der Waals surface area contributed by atoms with Gasteiger partial charge >= 0.3 is 13.3 Å². The molecule has 2 heterocycles. The predicted octanol–water partition coefficient (Wildman–Crippen LogP) is -0.536. The number of aryl methyl sites for hydroxylation is 1. The first-order chi connectivity index (χ1) is 9.29. The molecule has 2 aromatic rings. The van der Waals surface area contributed by atoms with Gasteiger partial charge in [-0.15, -0.1) is 0 Å². The van der Waals surface area contributed by atoms with Crippen molar-refractivity contribution in [3.05, 3.63) is 51.0 Å². The summed E-state index contributed by atoms with van der Waals surface area (Å²) in [5, 5.41) is 0. The molecule has 0 amide bonds. The molecule has 0 aliphatic heterocycles. The van der Waals surface area contributed by atoms with E-state index in [0.717, 1.165) is 4.57 Å². The fraction of sp³-hybridized carbons (Fsp3) is 0.200. The van der Waals surface area contributed by atoms with Crippen LogP contribution in [0, 0.1) is 6.92 Å². The van der Waals surface area contributed by atoms with E-state index in [9.17, 15) is 14.2 Å². The summed E-state index contributed by atoms with van der Waals surface area (Å²) in [7, 11) is -4.51. The average molecular weight is 302 g/mol. The Kier molecular flexibility index (Phi) is 3.67. The highest BCUT2D eigenvalue weighted by molar-refractivity contribution is 7.51. The van der Waals surface area contributed by atoms with Crippen molar-refractivity contribution >= 4 is 7.60 Å². The lowest BCUT2D eigenvalue weighted by Crippen LogP contribution is -2.44. The van der Waals surface area contributed by atoms with Crippen molar-refractivity contribution in [2.75, 3.05) is 6.35 Å². The van der Waals surface area contributed by atoms with Crippen molar-refractivity contribution < 1.29 is 23.6 Å². The van der Waals surface area contributed by atoms with Crippen molar-refractivity contribution in [2.24, 2.45) is 0 Å². The van der Waals surface area contributed by atoms with Gasteiger partial charge in [0.05, 0.1) is 6.26 Å². The van der Waals surface area contributed by atoms with Gasteiger partial charge in [-0.2, -0.15) is 0 Å². The minimum atomic E-state index is -4.51. The maximum absolute atomic E-state index is 12.0. The standard InChI is InChI=1S/C10H11N2O7P/c1-7-5-11(8-3-2-4-18-8)10(14)12(9(7)13)19-6-20(15,16)17/h2-5H,6H2,1H3,(H2,15,16,17). The number of furan rings is 1. The molecule has 0 aliphatic rings. The molecule has 0 atom stereocenters. The molecule has 0 unspecified atom stereocenters. The summed E-state index contributed by atoms with van der Waals surface area (Å²) in [4.78, 5) is 45.9. The number of nitrogens with zero attached hydrogens (tertiary/aromatic N) is 2. The second-order valence-corrected chi connectivity index (χ2v) is 5.53. The van der Waals surface area contributed by atoms with E-state index in [-0.39, 0.29) is 16.2 Å². The lowest BCUT2D eigenvalue weighted by Gasteiger charge is -2.11. The fourth-order valence-corrected chi connectivity index (χ4v) is 1.73. The van der Waals surface area contributed by atoms with Crippen molar-refractivity contribution in [1.29, 1.82) is 0 Å². The van der Waals surface area contributed by atoms with Crippen LogP contribution in [0.3, 0.4) is 0 Å². The zero-order chi connectivity index (χ0) is 14.9. The van der Waals surface area contributed by atoms with Crippen LogP contribution < -0.4 is 16.1 Å². The second kappa shape index (κ2) is 5.12. The summed E-state index contributed by atoms with van der Waals surface area (Å²) in [6.45, 7) is 1.43. The molecule has 2 aromatic heterocycles. The molecule has 0 spiro atoms. The molecule has 0 fully saturated rings. The Balaban J connectivity index is 2.54. The van der Waals surface area contributed by atoms with E-state index in [4.69, 9.17) is 14.2 Å². The summed E-state index contributed by atoms with van der Waals surface area (Å²) < 4.78 is 17.1. The van der Waals surface area contributed by atoms with Crippen LogP contribution in [0.1, 0.15) is 5.56 Å². The van der Waals surface area contributed by atoms with E-state index in [1.807, 2.05) is 0 Å². The SMILES string of the molecule is Cc1cn(-c2ccco2)c(=O)n(OCP(=O)(O)O)c1=O. The normalized spacial score (nSPS) is 11.6. The summed E-state index contributed by atoms with van der Waals surface area (Å²) in [5.74, 6) is 0.145. The van der Waals surface area contributed by atoms with Gasteiger partial charge in [-0.1, -0.05) is 4.73 Å². The van der Waals surface area contributed by atoms with E-state index in [1.165, 1.54) is 25.5 Å². The van der Waals surface area contributed by atoms with Gasteiger partial charge in [-0.05, 0) is 13.0 Å². The molecule has 0 bridgehead atoms. The Hall–Kier alpha value is -2.09. The first kappa shape index (κ1) is 14.3. The van der Waals surface area contributed by atoms with E-state index in [1.54, 1.807) is 6.07 Å². The van der Waals surface area contributed by atoms with Crippen molar-refractivity contribution in [2.45, 2.75) is 6.92 Å². The molecule has 0 radical (unpaired) electrons. The van der Waals surface area contributed by atoms with E-state index < -0.39 is 25.2 Å². The third-order valence-corrected chi connectivity index (χ3v) is 2.77. The third-order valence-electron chi connectivity index (χ3n) is 2.32. The van der Waals surface area contributed by atoms with Crippen LogP contribution in [0.25, 0.3) is 5.88 Å². The average Bonchev–Trinajstić information content (AvgIpc) is 2.86. The van der Waals surface area contributed by atoms with Crippen molar-refractivity contribution in [3.8, 4) is 5.88 Å². The van der Waals surface area contributed by atoms with Crippen LogP contribution in [-0.2, 0) is 4.57 Å². The lowest BCUT2D eigenvalue weighted by molar-refractivity contribution is 0.110. The molecule has 20 heavy (non-hydrogen) atoms. The zero-order valence-electron chi connectivity index (χ0n) is 10.3. The number of hydrogen-bond acceptors (Lipinski definition) is 5. The van der Waals surface area contributed by atoms with Crippen molar-refractivity contribution in [3.63, 3.8) is 0 Å². The van der Waals surface area contributed by atoms with E-state index in [2.05, 4.69) is 4.84 Å². The highest BCUT2D eigenvalue weighted by Crippen LogP contribution is 2.32. The van der Waals surface area contributed by atoms with E-state index >= 15 is 0 Å². The predicted molar refractivity (Wildman–Crippen MR) is 66.8 cm³/mol. The topological polar surface area (TPSA) is 124 Å². The quantitative estimate of drug-likeness (QED) is 0.727. The van der Waals surface area contributed by atoms with Crippen LogP contribution in [-0.4, -0.2) is 25.4 Å². The largest absolute Gasteiger partial charge is 0.448 e. The first-order valence-corrected chi connectivity index (χ1v) is 7.16. The number of rotatable bonds is 4. The Morgan fingerprint density at radius 1 is 1.40 bits per heavy atom. The van der Waals surface area contributed by atoms with Gasteiger partial charge in [0, 0.05) is 17.8 Å². The molecule has 10 heteroatoms. The van der Waals surface area contributed by atoms with Gasteiger partial charge in [0.2, 0.25) is 12.2 Å². The highest BCUT2D eigenvalue weighted by atomic mass is 31.2. The maximum Gasteiger partial charge on any atom is 0.371 e. The summed E-state index contributed by atoms with van der Waals surface area (Å²) in [5.41, 5.74) is -1.58. The molecule has 2 N–H and O–H groups in total. The van der Waals surface area contributed by atoms with Gasteiger partial charge in [0.25, 0.3) is 5.56 Å². The lowest BCUT2D eigenvalue weighted by atomic mass is 10.4. The first-order valence-electron chi connectivity index (χ1n) is 5.36. The smallest absolute Gasteiger partial charge is 0.371 e. The van der Waals surface area contributed by atoms with Crippen LogP contribution in [0.5, 0.6) is 0 Å². The molecule has 9 nitrogen and oxygen atoms in total. The van der Waals surface area contributed by atoms with Gasteiger partial charge in [0.15, 0.2) is 0 Å². The molecule has 0 aliphatic carbocycles. The zero-order valence-corrected chi connectivity index (χ0v) is 11.2. The van der Waals surface area contributed by atoms with Gasteiger partial charge in [0.1, 0.15) is 0 Å². The van der Waals surface area contributed by atoms with Gasteiger partial charge in [-0.3, -0.25) is 9.36 Å². The Bertz CT molecular complexity index is 768. The Morgan fingerprint density at radius 3 is 2.65 bits per heavy atom. The molecule has 108 valence electrons. The number of aromatic nitrogens is 2. The Morgan fingerprint density at radius 2 is 2.10 bits per heavy atom. The van der Waals surface area contributed by atoms with E-state index in [0.29, 0.717) is 0 Å². The van der Waals surface area contributed by atoms with Crippen LogP contribution in [0.4, 0.5) is 0 Å². The minimum Gasteiger partial charge on any atom is -0.448 e. The van der Waals surface area contributed by atoms with Crippen LogP contribution >= 0.6 is 7.60 Å². The summed E-state index contributed by atoms with van der Waals surface area (Å²) in [6, 6.07) is 3.03. The monoisotopic (exact) mass is 302 g/mol. The molecule has 0 aromatic carbocycles. The van der Waals surface area contributed by atoms with Crippen LogP contribution in [0.2, 0.25) is 0 Å². The van der Waals surface area contributed by atoms with Gasteiger partial charge in [-0.25, -0.2) is 9.36 Å². The molecular weight excluding hydrogens is 291 g/mol. The summed E-state index contributed by atoms with van der Waals surface area (Å²) >= 11 is 0. The maximum atomic E-state index is 12.0. The highest BCUT2D eigenvalue weighted by Gasteiger charge is 2.18. The minimum absolute atomic E-state index is 0.145. The summed E-state index contributed by atoms with van der Waals surface area (Å²) in [6.07, 6.45) is 1.51. The fourth-order valence-electron chi connectivity index (χ4n) is 1.46. The van der Waals surface area contributed by atoms with Crippen LogP contribution in [0.15, 0.2) is 38.6 Å². The third kappa shape index (κ3) is 2.90. The number of hydrogen-bond donors (Lipinski definition) is 2. The molecular formula is C10H11N2O7P. The second-order valence-electron chi connectivity index (χ2n) is 3.94. The molecule has 0 saturated carbocycles. The van der Waals surface area contributed by atoms with Gasteiger partial charge < -0.3 is 19.0 Å². The van der Waals surface area contributed by atoms with Crippen molar-refractivity contribution in [1.82, 2.24) is 9.30 Å². The molecule has 2 rings (SSSR count). The Labute approximate surface area is 111 Å². The molecule has 0 saturated heterocycles.